The molecule has 0 aliphatic carbocycles. The average Bonchev–Trinajstić information content (AvgIpc) is 2.71. The summed E-state index contributed by atoms with van der Waals surface area (Å²) in [5.74, 6) is 0.551. The van der Waals surface area contributed by atoms with E-state index in [9.17, 15) is 0 Å². The Morgan fingerprint density at radius 2 is 2.06 bits per heavy atom. The molecule has 0 aliphatic heterocycles. The molecule has 2 aromatic rings. The topological polar surface area (TPSA) is 12.9 Å². The van der Waals surface area contributed by atoms with Crippen LogP contribution in [0.15, 0.2) is 28.7 Å². The highest BCUT2D eigenvalue weighted by Gasteiger charge is 2.14. The molecule has 2 rings (SSSR count). The van der Waals surface area contributed by atoms with E-state index in [2.05, 4.69) is 54.9 Å². The number of thiazole rings is 1. The van der Waals surface area contributed by atoms with Crippen molar-refractivity contribution >= 4 is 27.3 Å². The van der Waals surface area contributed by atoms with Gasteiger partial charge in [-0.2, -0.15) is 0 Å². The Bertz CT molecular complexity index is 519. The van der Waals surface area contributed by atoms with Gasteiger partial charge >= 0.3 is 0 Å². The van der Waals surface area contributed by atoms with E-state index in [1.54, 1.807) is 0 Å². The van der Waals surface area contributed by atoms with Crippen LogP contribution in [-0.4, -0.2) is 4.98 Å². The fourth-order valence-electron chi connectivity index (χ4n) is 1.71. The van der Waals surface area contributed by atoms with E-state index < -0.39 is 0 Å². The van der Waals surface area contributed by atoms with Crippen LogP contribution in [0.4, 0.5) is 0 Å². The predicted octanol–water partition coefficient (Wildman–Crippen LogP) is 5.39. The second-order valence-electron chi connectivity index (χ2n) is 4.25. The molecule has 1 unspecified atom stereocenters. The fourth-order valence-corrected chi connectivity index (χ4v) is 3.25. The third kappa shape index (κ3) is 2.61. The molecule has 3 heteroatoms. The van der Waals surface area contributed by atoms with Gasteiger partial charge in [-0.3, -0.25) is 0 Å². The Labute approximate surface area is 115 Å². The molecule has 1 aromatic heterocycles. The first-order valence-electron chi connectivity index (χ1n) is 5.85. The van der Waals surface area contributed by atoms with Gasteiger partial charge in [0.2, 0.25) is 0 Å². The smallest absolute Gasteiger partial charge is 0.0963 e. The summed E-state index contributed by atoms with van der Waals surface area (Å²) < 4.78 is 1.11. The van der Waals surface area contributed by atoms with Crippen LogP contribution in [0.5, 0.6) is 0 Å². The number of aromatic nitrogens is 1. The molecule has 0 radical (unpaired) electrons. The van der Waals surface area contributed by atoms with E-state index in [-0.39, 0.29) is 0 Å². The molecule has 17 heavy (non-hydrogen) atoms. The van der Waals surface area contributed by atoms with Crippen molar-refractivity contribution in [3.05, 3.63) is 38.6 Å². The number of benzene rings is 1. The molecular weight excluding hydrogens is 294 g/mol. The lowest BCUT2D eigenvalue weighted by Crippen LogP contribution is -1.90. The van der Waals surface area contributed by atoms with Crippen molar-refractivity contribution in [2.45, 2.75) is 33.1 Å². The first kappa shape index (κ1) is 12.8. The molecule has 0 saturated carbocycles. The van der Waals surface area contributed by atoms with Gasteiger partial charge in [-0.1, -0.05) is 48.0 Å². The standard InChI is InChI=1S/C14H16BrNS/c1-4-9(2)14-16-13(10(3)17-14)11-7-5-6-8-12(11)15/h5-9H,4H2,1-3H3. The first-order chi connectivity index (χ1) is 8.13. The van der Waals surface area contributed by atoms with E-state index in [4.69, 9.17) is 4.98 Å². The lowest BCUT2D eigenvalue weighted by atomic mass is 10.1. The second kappa shape index (κ2) is 5.32. The van der Waals surface area contributed by atoms with Crippen molar-refractivity contribution in [2.24, 2.45) is 0 Å². The molecule has 90 valence electrons. The maximum absolute atomic E-state index is 4.80. The molecule has 0 N–H and O–H groups in total. The summed E-state index contributed by atoms with van der Waals surface area (Å²) in [5.41, 5.74) is 2.31. The summed E-state index contributed by atoms with van der Waals surface area (Å²) in [5, 5.41) is 1.25. The number of nitrogens with zero attached hydrogens (tertiary/aromatic N) is 1. The third-order valence-corrected chi connectivity index (χ3v) is 4.87. The van der Waals surface area contributed by atoms with Gasteiger partial charge in [0.25, 0.3) is 0 Å². The van der Waals surface area contributed by atoms with Crippen LogP contribution in [0.3, 0.4) is 0 Å². The van der Waals surface area contributed by atoms with Gasteiger partial charge in [-0.25, -0.2) is 4.98 Å². The van der Waals surface area contributed by atoms with Crippen LogP contribution in [0.25, 0.3) is 11.3 Å². The van der Waals surface area contributed by atoms with E-state index in [1.165, 1.54) is 15.4 Å². The van der Waals surface area contributed by atoms with Gasteiger partial charge in [0.15, 0.2) is 0 Å². The fraction of sp³-hybridized carbons (Fsp3) is 0.357. The van der Waals surface area contributed by atoms with Crippen molar-refractivity contribution < 1.29 is 0 Å². The maximum Gasteiger partial charge on any atom is 0.0963 e. The largest absolute Gasteiger partial charge is 0.241 e. The summed E-state index contributed by atoms with van der Waals surface area (Å²) in [6, 6.07) is 8.27. The van der Waals surface area contributed by atoms with Crippen LogP contribution < -0.4 is 0 Å². The highest BCUT2D eigenvalue weighted by molar-refractivity contribution is 9.10. The van der Waals surface area contributed by atoms with Crippen molar-refractivity contribution in [3.8, 4) is 11.3 Å². The Kier molecular flexibility index (Phi) is 4.00. The zero-order valence-electron chi connectivity index (χ0n) is 10.3. The van der Waals surface area contributed by atoms with Crippen LogP contribution >= 0.6 is 27.3 Å². The molecule has 0 saturated heterocycles. The Morgan fingerprint density at radius 1 is 1.35 bits per heavy atom. The molecule has 1 atom stereocenters. The van der Waals surface area contributed by atoms with Crippen LogP contribution in [0.1, 0.15) is 36.1 Å². The van der Waals surface area contributed by atoms with Gasteiger partial charge in [0.1, 0.15) is 0 Å². The van der Waals surface area contributed by atoms with Crippen molar-refractivity contribution in [1.82, 2.24) is 4.98 Å². The number of hydrogen-bond donors (Lipinski definition) is 0. The lowest BCUT2D eigenvalue weighted by Gasteiger charge is -2.03. The minimum Gasteiger partial charge on any atom is -0.241 e. The third-order valence-electron chi connectivity index (χ3n) is 2.98. The molecule has 0 spiro atoms. The number of aryl methyl sites for hydroxylation is 1. The Hall–Kier alpha value is -0.670. The summed E-state index contributed by atoms with van der Waals surface area (Å²) >= 11 is 5.41. The summed E-state index contributed by atoms with van der Waals surface area (Å²) in [6.45, 7) is 6.60. The minimum absolute atomic E-state index is 0.551. The van der Waals surface area contributed by atoms with Gasteiger partial charge in [0.05, 0.1) is 10.7 Å². The first-order valence-corrected chi connectivity index (χ1v) is 7.46. The Morgan fingerprint density at radius 3 is 2.71 bits per heavy atom. The van der Waals surface area contributed by atoms with Gasteiger partial charge in [-0.05, 0) is 19.4 Å². The quantitative estimate of drug-likeness (QED) is 0.740. The zero-order chi connectivity index (χ0) is 12.4. The monoisotopic (exact) mass is 309 g/mol. The van der Waals surface area contributed by atoms with Gasteiger partial charge < -0.3 is 0 Å². The van der Waals surface area contributed by atoms with Gasteiger partial charge in [-0.15, -0.1) is 11.3 Å². The molecule has 0 amide bonds. The van der Waals surface area contributed by atoms with Crippen molar-refractivity contribution in [1.29, 1.82) is 0 Å². The lowest BCUT2D eigenvalue weighted by molar-refractivity contribution is 0.727. The second-order valence-corrected chi connectivity index (χ2v) is 6.34. The SMILES string of the molecule is CCC(C)c1nc(-c2ccccc2Br)c(C)s1. The van der Waals surface area contributed by atoms with E-state index >= 15 is 0 Å². The summed E-state index contributed by atoms with van der Waals surface area (Å²) in [4.78, 5) is 6.10. The summed E-state index contributed by atoms with van der Waals surface area (Å²) in [6.07, 6.45) is 1.14. The zero-order valence-corrected chi connectivity index (χ0v) is 12.7. The Balaban J connectivity index is 2.47. The maximum atomic E-state index is 4.80. The van der Waals surface area contributed by atoms with E-state index in [0.29, 0.717) is 5.92 Å². The highest BCUT2D eigenvalue weighted by Crippen LogP contribution is 2.35. The van der Waals surface area contributed by atoms with Gasteiger partial charge in [0, 0.05) is 20.8 Å². The molecule has 1 nitrogen and oxygen atoms in total. The average molecular weight is 310 g/mol. The molecular formula is C14H16BrNS. The molecule has 0 fully saturated rings. The number of halogens is 1. The number of hydrogen-bond acceptors (Lipinski definition) is 2. The molecule has 0 aliphatic rings. The molecule has 0 bridgehead atoms. The number of rotatable bonds is 3. The van der Waals surface area contributed by atoms with Crippen molar-refractivity contribution in [3.63, 3.8) is 0 Å². The molecule has 1 heterocycles. The van der Waals surface area contributed by atoms with Crippen LogP contribution in [0.2, 0.25) is 0 Å². The normalized spacial score (nSPS) is 12.7. The molecule has 1 aromatic carbocycles. The van der Waals surface area contributed by atoms with Crippen molar-refractivity contribution in [2.75, 3.05) is 0 Å². The predicted molar refractivity (Wildman–Crippen MR) is 78.7 cm³/mol. The van der Waals surface area contributed by atoms with E-state index in [1.807, 2.05) is 17.4 Å². The van der Waals surface area contributed by atoms with Crippen LogP contribution in [0, 0.1) is 6.92 Å². The minimum atomic E-state index is 0.551. The van der Waals surface area contributed by atoms with E-state index in [0.717, 1.165) is 16.6 Å². The van der Waals surface area contributed by atoms with Crippen LogP contribution in [-0.2, 0) is 0 Å². The highest BCUT2D eigenvalue weighted by atomic mass is 79.9. The summed E-state index contributed by atoms with van der Waals surface area (Å²) in [7, 11) is 0.